The van der Waals surface area contributed by atoms with Gasteiger partial charge in [0.25, 0.3) is 0 Å². The highest BCUT2D eigenvalue weighted by Gasteiger charge is 2.69. The van der Waals surface area contributed by atoms with Gasteiger partial charge in [-0.3, -0.25) is 4.79 Å². The van der Waals surface area contributed by atoms with Crippen molar-refractivity contribution in [1.29, 1.82) is 0 Å². The first-order valence-electron chi connectivity index (χ1n) is 10.4. The second-order valence-corrected chi connectivity index (χ2v) is 10.4. The van der Waals surface area contributed by atoms with Crippen LogP contribution in [-0.4, -0.2) is 35.1 Å². The van der Waals surface area contributed by atoms with Crippen LogP contribution in [0.25, 0.3) is 0 Å². The molecule has 4 bridgehead atoms. The number of hydrogen-bond acceptors (Lipinski definition) is 2. The predicted molar refractivity (Wildman–Crippen MR) is 97.8 cm³/mol. The van der Waals surface area contributed by atoms with E-state index in [-0.39, 0.29) is 28.3 Å². The molecule has 1 heterocycles. The Bertz CT molecular complexity index is 644. The molecule has 0 aromatic heterocycles. The molecule has 0 aromatic rings. The molecule has 3 heteroatoms. The molecule has 1 aliphatic heterocycles. The largest absolute Gasteiger partial charge is 0.388 e. The van der Waals surface area contributed by atoms with Crippen molar-refractivity contribution >= 4 is 5.91 Å². The van der Waals surface area contributed by atoms with E-state index in [2.05, 4.69) is 18.4 Å². The van der Waals surface area contributed by atoms with Crippen LogP contribution in [0.2, 0.25) is 0 Å². The third kappa shape index (κ3) is 1.84. The van der Waals surface area contributed by atoms with E-state index in [1.165, 1.54) is 51.4 Å². The lowest BCUT2D eigenvalue weighted by Gasteiger charge is -2.72. The number of aliphatic hydroxyl groups excluding tert-OH is 1. The SMILES string of the molecule is C=C1C(O)[C@]23CC[C@H]1C[C@H]2[C@@]12CCC[C@@](C)(CN(C(C)=O)C1)[C@H]2CC3. The number of likely N-dealkylation sites (tertiary alicyclic amines) is 1. The smallest absolute Gasteiger partial charge is 0.219 e. The topological polar surface area (TPSA) is 40.5 Å². The summed E-state index contributed by atoms with van der Waals surface area (Å²) in [5.41, 5.74) is 1.70. The Morgan fingerprint density at radius 2 is 1.88 bits per heavy atom. The van der Waals surface area contributed by atoms with Crippen LogP contribution in [0.3, 0.4) is 0 Å². The molecule has 6 aliphatic rings. The first-order chi connectivity index (χ1) is 11.8. The number of piperidine rings is 1. The zero-order valence-corrected chi connectivity index (χ0v) is 15.9. The fraction of sp³-hybridized carbons (Fsp3) is 0.864. The van der Waals surface area contributed by atoms with Gasteiger partial charge >= 0.3 is 0 Å². The minimum atomic E-state index is -0.304. The van der Waals surface area contributed by atoms with E-state index in [4.69, 9.17) is 0 Å². The maximum atomic E-state index is 12.3. The maximum absolute atomic E-state index is 12.3. The van der Waals surface area contributed by atoms with Crippen LogP contribution in [0.4, 0.5) is 0 Å². The van der Waals surface area contributed by atoms with E-state index in [0.29, 0.717) is 11.8 Å². The summed E-state index contributed by atoms with van der Waals surface area (Å²) in [6.07, 6.45) is 9.55. The van der Waals surface area contributed by atoms with Gasteiger partial charge in [0.2, 0.25) is 5.91 Å². The van der Waals surface area contributed by atoms with Gasteiger partial charge in [0, 0.05) is 25.4 Å². The third-order valence-corrected chi connectivity index (χ3v) is 9.59. The van der Waals surface area contributed by atoms with Gasteiger partial charge in [0.15, 0.2) is 0 Å². The lowest BCUT2D eigenvalue weighted by Crippen LogP contribution is -2.71. The van der Waals surface area contributed by atoms with E-state index in [1.54, 1.807) is 6.92 Å². The van der Waals surface area contributed by atoms with Crippen molar-refractivity contribution in [2.75, 3.05) is 13.1 Å². The molecule has 6 fully saturated rings. The Balaban J connectivity index is 1.63. The van der Waals surface area contributed by atoms with Crippen LogP contribution in [0.1, 0.15) is 65.2 Å². The van der Waals surface area contributed by atoms with Gasteiger partial charge in [-0.2, -0.15) is 0 Å². The quantitative estimate of drug-likeness (QED) is 0.680. The first-order valence-corrected chi connectivity index (χ1v) is 10.4. The van der Waals surface area contributed by atoms with Crippen LogP contribution in [0.15, 0.2) is 12.2 Å². The van der Waals surface area contributed by atoms with Gasteiger partial charge in [-0.05, 0) is 79.1 Å². The Labute approximate surface area is 151 Å². The zero-order chi connectivity index (χ0) is 17.6. The molecule has 1 spiro atoms. The van der Waals surface area contributed by atoms with E-state index < -0.39 is 0 Å². The Kier molecular flexibility index (Phi) is 3.21. The van der Waals surface area contributed by atoms with E-state index in [0.717, 1.165) is 24.6 Å². The lowest BCUT2D eigenvalue weighted by atomic mass is 9.35. The van der Waals surface area contributed by atoms with Crippen molar-refractivity contribution in [3.05, 3.63) is 12.2 Å². The minimum absolute atomic E-state index is 0.0559. The molecule has 6 rings (SSSR count). The molecule has 1 saturated heterocycles. The predicted octanol–water partition coefficient (Wildman–Crippen LogP) is 3.77. The highest BCUT2D eigenvalue weighted by Crippen LogP contribution is 2.73. The number of carbonyl (C=O) groups excluding carboxylic acids is 1. The maximum Gasteiger partial charge on any atom is 0.219 e. The van der Waals surface area contributed by atoms with E-state index in [9.17, 15) is 9.90 Å². The highest BCUT2D eigenvalue weighted by molar-refractivity contribution is 5.73. The summed E-state index contributed by atoms with van der Waals surface area (Å²) < 4.78 is 0. The summed E-state index contributed by atoms with van der Waals surface area (Å²) in [7, 11) is 0. The van der Waals surface area contributed by atoms with Crippen LogP contribution in [0, 0.1) is 34.0 Å². The van der Waals surface area contributed by atoms with Gasteiger partial charge in [-0.1, -0.05) is 19.9 Å². The fourth-order valence-electron chi connectivity index (χ4n) is 8.64. The molecule has 5 saturated carbocycles. The van der Waals surface area contributed by atoms with Crippen molar-refractivity contribution in [2.45, 2.75) is 71.3 Å². The normalized spacial score (nSPS) is 54.0. The Morgan fingerprint density at radius 1 is 1.12 bits per heavy atom. The number of amides is 1. The molecular weight excluding hydrogens is 310 g/mol. The van der Waals surface area contributed by atoms with Crippen LogP contribution < -0.4 is 0 Å². The molecule has 7 atom stereocenters. The molecule has 0 aromatic carbocycles. The molecule has 0 radical (unpaired) electrons. The summed E-state index contributed by atoms with van der Waals surface area (Å²) in [6, 6.07) is 0. The van der Waals surface area contributed by atoms with E-state index in [1.807, 2.05) is 0 Å². The molecule has 5 aliphatic carbocycles. The van der Waals surface area contributed by atoms with Crippen LogP contribution in [0.5, 0.6) is 0 Å². The average Bonchev–Trinajstić information content (AvgIpc) is 2.57. The second kappa shape index (κ2) is 4.91. The highest BCUT2D eigenvalue weighted by atomic mass is 16.3. The summed E-state index contributed by atoms with van der Waals surface area (Å²) in [5, 5.41) is 11.2. The number of carbonyl (C=O) groups is 1. The molecule has 1 amide bonds. The number of rotatable bonds is 0. The summed E-state index contributed by atoms with van der Waals surface area (Å²) in [6.45, 7) is 10.4. The fourth-order valence-corrected chi connectivity index (χ4v) is 8.64. The molecule has 3 nitrogen and oxygen atoms in total. The molecular formula is C22H33NO2. The summed E-state index contributed by atoms with van der Waals surface area (Å²) in [4.78, 5) is 14.5. The Hall–Kier alpha value is -0.830. The molecule has 138 valence electrons. The second-order valence-electron chi connectivity index (χ2n) is 10.4. The zero-order valence-electron chi connectivity index (χ0n) is 15.9. The van der Waals surface area contributed by atoms with Gasteiger partial charge < -0.3 is 10.0 Å². The average molecular weight is 344 g/mol. The number of nitrogens with zero attached hydrogens (tertiary/aromatic N) is 1. The number of fused-ring (bicyclic) bond motifs is 2. The standard InChI is InChI=1S/C22H33NO2/c1-14-16-5-9-21(19(14)25)10-6-17-20(3)7-4-8-22(17,18(21)11-16)13-23(12-20)15(2)24/h16-19,25H,1,4-13H2,2-3H3/t16-,17+,18+,19?,20-,21-,22-/m0/s1. The van der Waals surface area contributed by atoms with Gasteiger partial charge in [-0.25, -0.2) is 0 Å². The monoisotopic (exact) mass is 343 g/mol. The minimum Gasteiger partial charge on any atom is -0.388 e. The first kappa shape index (κ1) is 16.4. The van der Waals surface area contributed by atoms with E-state index >= 15 is 0 Å². The van der Waals surface area contributed by atoms with Crippen molar-refractivity contribution in [3.8, 4) is 0 Å². The summed E-state index contributed by atoms with van der Waals surface area (Å²) >= 11 is 0. The van der Waals surface area contributed by atoms with Crippen molar-refractivity contribution < 1.29 is 9.90 Å². The molecule has 25 heavy (non-hydrogen) atoms. The third-order valence-electron chi connectivity index (χ3n) is 9.59. The van der Waals surface area contributed by atoms with Crippen molar-refractivity contribution in [3.63, 3.8) is 0 Å². The van der Waals surface area contributed by atoms with Crippen LogP contribution >= 0.6 is 0 Å². The summed E-state index contributed by atoms with van der Waals surface area (Å²) in [5.74, 6) is 2.08. The molecule has 1 unspecified atom stereocenters. The number of hydrogen-bond donors (Lipinski definition) is 1. The van der Waals surface area contributed by atoms with Gasteiger partial charge in [0.05, 0.1) is 6.10 Å². The Morgan fingerprint density at radius 3 is 2.64 bits per heavy atom. The lowest BCUT2D eigenvalue weighted by molar-refractivity contribution is -0.238. The van der Waals surface area contributed by atoms with Crippen molar-refractivity contribution in [1.82, 2.24) is 4.90 Å². The van der Waals surface area contributed by atoms with Crippen molar-refractivity contribution in [2.24, 2.45) is 34.0 Å². The number of aliphatic hydroxyl groups is 1. The van der Waals surface area contributed by atoms with Crippen LogP contribution in [-0.2, 0) is 4.79 Å². The molecule has 1 N–H and O–H groups in total. The van der Waals surface area contributed by atoms with Gasteiger partial charge in [0.1, 0.15) is 0 Å². The van der Waals surface area contributed by atoms with Gasteiger partial charge in [-0.15, -0.1) is 0 Å².